The van der Waals surface area contributed by atoms with Crippen molar-refractivity contribution in [1.29, 1.82) is 0 Å². The van der Waals surface area contributed by atoms with Gasteiger partial charge in [-0.1, -0.05) is 20.3 Å². The van der Waals surface area contributed by atoms with Gasteiger partial charge in [-0.2, -0.15) is 0 Å². The highest BCUT2D eigenvalue weighted by atomic mass is 35.7. The number of aromatic nitrogens is 1. The van der Waals surface area contributed by atoms with E-state index in [1.54, 1.807) is 4.57 Å². The van der Waals surface area contributed by atoms with E-state index in [1.807, 2.05) is 0 Å². The van der Waals surface area contributed by atoms with Crippen LogP contribution in [-0.2, 0) is 9.05 Å². The van der Waals surface area contributed by atoms with E-state index in [4.69, 9.17) is 10.7 Å². The molecule has 0 saturated heterocycles. The van der Waals surface area contributed by atoms with Crippen LogP contribution >= 0.6 is 10.7 Å². The smallest absolute Gasteiger partial charge is 0.267 e. The monoisotopic (exact) mass is 332 g/mol. The molecule has 1 aliphatic carbocycles. The van der Waals surface area contributed by atoms with Gasteiger partial charge in [-0.15, -0.1) is 0 Å². The van der Waals surface area contributed by atoms with Crippen LogP contribution in [0.5, 0.6) is 0 Å². The zero-order valence-electron chi connectivity index (χ0n) is 12.3. The van der Waals surface area contributed by atoms with Crippen LogP contribution in [0.2, 0.25) is 0 Å². The topological polar surface area (TPSA) is 68.2 Å². The fraction of sp³-hybridized carbons (Fsp3) is 0.643. The van der Waals surface area contributed by atoms with Gasteiger partial charge in [0.2, 0.25) is 0 Å². The first-order chi connectivity index (χ1) is 9.82. The summed E-state index contributed by atoms with van der Waals surface area (Å²) in [5.41, 5.74) is 0.377. The summed E-state index contributed by atoms with van der Waals surface area (Å²) in [5.74, 6) is 0.145. The Morgan fingerprint density at radius 2 is 2.19 bits per heavy atom. The van der Waals surface area contributed by atoms with Gasteiger partial charge in [0.1, 0.15) is 10.6 Å². The highest BCUT2D eigenvalue weighted by Gasteiger charge is 2.27. The minimum atomic E-state index is -3.82. The van der Waals surface area contributed by atoms with E-state index in [-0.39, 0.29) is 16.8 Å². The van der Waals surface area contributed by atoms with Gasteiger partial charge in [-0.25, -0.2) is 8.42 Å². The number of halogens is 1. The van der Waals surface area contributed by atoms with Crippen LogP contribution in [0, 0.1) is 5.92 Å². The predicted molar refractivity (Wildman–Crippen MR) is 82.1 cm³/mol. The first-order valence-electron chi connectivity index (χ1n) is 7.27. The van der Waals surface area contributed by atoms with E-state index in [2.05, 4.69) is 19.2 Å². The van der Waals surface area contributed by atoms with Crippen molar-refractivity contribution < 1.29 is 13.2 Å². The van der Waals surface area contributed by atoms with E-state index in [9.17, 15) is 13.2 Å². The maximum atomic E-state index is 12.3. The lowest BCUT2D eigenvalue weighted by atomic mass is 9.93. The molecule has 0 radical (unpaired) electrons. The molecule has 0 spiro atoms. The third-order valence-corrected chi connectivity index (χ3v) is 5.43. The second-order valence-corrected chi connectivity index (χ2v) is 8.28. The summed E-state index contributed by atoms with van der Waals surface area (Å²) in [4.78, 5) is 12.3. The maximum absolute atomic E-state index is 12.3. The Kier molecular flexibility index (Phi) is 4.99. The molecule has 1 N–H and O–H groups in total. The summed E-state index contributed by atoms with van der Waals surface area (Å²) in [7, 11) is 1.57. The molecule has 7 heteroatoms. The molecule has 1 aromatic rings. The van der Waals surface area contributed by atoms with E-state index >= 15 is 0 Å². The third-order valence-electron chi connectivity index (χ3n) is 4.11. The Hall–Kier alpha value is -1.01. The van der Waals surface area contributed by atoms with Crippen molar-refractivity contribution in [3.05, 3.63) is 18.0 Å². The highest BCUT2D eigenvalue weighted by Crippen LogP contribution is 2.34. The molecule has 1 amide bonds. The Bertz CT molecular complexity index is 620. The molecule has 1 heterocycles. The number of nitrogens with zero attached hydrogens (tertiary/aromatic N) is 1. The summed E-state index contributed by atoms with van der Waals surface area (Å²) in [6, 6.07) is 1.56. The standard InChI is InChI=1S/C14H21ClN2O3S/c1-3-10(2)8-16-14(18)13-7-12(21(15,19)20)9-17(13)11-5-4-6-11/h7,9-11H,3-6,8H2,1-2H3,(H,16,18). The third kappa shape index (κ3) is 3.80. The Labute approximate surface area is 130 Å². The van der Waals surface area contributed by atoms with Crippen LogP contribution in [0.1, 0.15) is 56.1 Å². The van der Waals surface area contributed by atoms with E-state index < -0.39 is 9.05 Å². The lowest BCUT2D eigenvalue weighted by Gasteiger charge is -2.28. The number of amides is 1. The summed E-state index contributed by atoms with van der Waals surface area (Å²) >= 11 is 0. The number of nitrogens with one attached hydrogen (secondary N) is 1. The van der Waals surface area contributed by atoms with E-state index in [0.29, 0.717) is 18.2 Å². The van der Waals surface area contributed by atoms with Crippen molar-refractivity contribution in [2.75, 3.05) is 6.54 Å². The normalized spacial score (nSPS) is 17.3. The first kappa shape index (κ1) is 16.4. The van der Waals surface area contributed by atoms with Crippen molar-refractivity contribution in [1.82, 2.24) is 9.88 Å². The summed E-state index contributed by atoms with van der Waals surface area (Å²) in [6.45, 7) is 4.69. The second kappa shape index (κ2) is 6.40. The molecule has 1 aliphatic rings. The molecule has 1 unspecified atom stereocenters. The minimum absolute atomic E-state index is 0.00948. The van der Waals surface area contributed by atoms with Gasteiger partial charge in [0.05, 0.1) is 0 Å². The quantitative estimate of drug-likeness (QED) is 0.814. The molecular formula is C14H21ClN2O3S. The Balaban J connectivity index is 2.24. The average Bonchev–Trinajstić information content (AvgIpc) is 2.78. The summed E-state index contributed by atoms with van der Waals surface area (Å²) in [5, 5.41) is 2.86. The van der Waals surface area contributed by atoms with Gasteiger partial charge >= 0.3 is 0 Å². The number of hydrogen-bond donors (Lipinski definition) is 1. The van der Waals surface area contributed by atoms with Crippen LogP contribution in [0.3, 0.4) is 0 Å². The number of carbonyl (C=O) groups excluding carboxylic acids is 1. The van der Waals surface area contributed by atoms with Crippen molar-refractivity contribution in [2.45, 2.75) is 50.5 Å². The van der Waals surface area contributed by atoms with Crippen LogP contribution in [-0.4, -0.2) is 25.4 Å². The molecular weight excluding hydrogens is 312 g/mol. The van der Waals surface area contributed by atoms with Gasteiger partial charge in [-0.3, -0.25) is 4.79 Å². The van der Waals surface area contributed by atoms with Crippen molar-refractivity contribution in [3.63, 3.8) is 0 Å². The number of rotatable bonds is 6. The lowest BCUT2D eigenvalue weighted by molar-refractivity contribution is 0.0932. The molecule has 1 aromatic heterocycles. The molecule has 5 nitrogen and oxygen atoms in total. The Morgan fingerprint density at radius 3 is 2.67 bits per heavy atom. The van der Waals surface area contributed by atoms with Crippen molar-refractivity contribution in [2.24, 2.45) is 5.92 Å². The molecule has 2 rings (SSSR count). The van der Waals surface area contributed by atoms with E-state index in [0.717, 1.165) is 25.7 Å². The van der Waals surface area contributed by atoms with Gasteiger partial charge in [-0.05, 0) is 31.2 Å². The molecule has 0 bridgehead atoms. The molecule has 0 aliphatic heterocycles. The zero-order chi connectivity index (χ0) is 15.6. The van der Waals surface area contributed by atoms with Crippen molar-refractivity contribution in [3.8, 4) is 0 Å². The summed E-state index contributed by atoms with van der Waals surface area (Å²) in [6.07, 6.45) is 5.47. The average molecular weight is 333 g/mol. The second-order valence-electron chi connectivity index (χ2n) is 5.71. The van der Waals surface area contributed by atoms with E-state index in [1.165, 1.54) is 12.3 Å². The van der Waals surface area contributed by atoms with Gasteiger partial charge in [0.25, 0.3) is 15.0 Å². The van der Waals surface area contributed by atoms with Crippen LogP contribution < -0.4 is 5.32 Å². The largest absolute Gasteiger partial charge is 0.350 e. The van der Waals surface area contributed by atoms with Crippen molar-refractivity contribution >= 4 is 25.6 Å². The Morgan fingerprint density at radius 1 is 1.52 bits per heavy atom. The zero-order valence-corrected chi connectivity index (χ0v) is 13.9. The molecule has 1 atom stereocenters. The molecule has 1 fully saturated rings. The van der Waals surface area contributed by atoms with Gasteiger partial charge in [0, 0.05) is 29.5 Å². The minimum Gasteiger partial charge on any atom is -0.350 e. The molecule has 1 saturated carbocycles. The number of carbonyl (C=O) groups is 1. The van der Waals surface area contributed by atoms with Gasteiger partial charge in [0.15, 0.2) is 0 Å². The maximum Gasteiger partial charge on any atom is 0.267 e. The molecule has 0 aromatic carbocycles. The van der Waals surface area contributed by atoms with Crippen LogP contribution in [0.15, 0.2) is 17.2 Å². The first-order valence-corrected chi connectivity index (χ1v) is 9.58. The fourth-order valence-corrected chi connectivity index (χ4v) is 2.98. The van der Waals surface area contributed by atoms with Crippen LogP contribution in [0.4, 0.5) is 0 Å². The van der Waals surface area contributed by atoms with Crippen LogP contribution in [0.25, 0.3) is 0 Å². The number of hydrogen-bond acceptors (Lipinski definition) is 3. The van der Waals surface area contributed by atoms with Gasteiger partial charge < -0.3 is 9.88 Å². The highest BCUT2D eigenvalue weighted by molar-refractivity contribution is 8.13. The molecule has 118 valence electrons. The SMILES string of the molecule is CCC(C)CNC(=O)c1cc(S(=O)(=O)Cl)cn1C1CCC1. The lowest BCUT2D eigenvalue weighted by Crippen LogP contribution is -2.31. The predicted octanol–water partition coefficient (Wildman–Crippen LogP) is 2.92. The molecule has 21 heavy (non-hydrogen) atoms. The fourth-order valence-electron chi connectivity index (χ4n) is 2.24. The summed E-state index contributed by atoms with van der Waals surface area (Å²) < 4.78 is 24.7.